The third kappa shape index (κ3) is 4.61. The van der Waals surface area contributed by atoms with Crippen LogP contribution in [0.2, 0.25) is 0 Å². The van der Waals surface area contributed by atoms with E-state index in [-0.39, 0.29) is 6.04 Å². The van der Waals surface area contributed by atoms with E-state index in [4.69, 9.17) is 4.74 Å². The zero-order valence-corrected chi connectivity index (χ0v) is 17.2. The van der Waals surface area contributed by atoms with Crippen molar-refractivity contribution < 1.29 is 13.2 Å². The van der Waals surface area contributed by atoms with Crippen molar-refractivity contribution in [2.24, 2.45) is 5.92 Å². The van der Waals surface area contributed by atoms with Gasteiger partial charge in [-0.05, 0) is 55.9 Å². The Morgan fingerprint density at radius 1 is 1.08 bits per heavy atom. The van der Waals surface area contributed by atoms with Crippen LogP contribution in [0, 0.1) is 33.6 Å². The summed E-state index contributed by atoms with van der Waals surface area (Å²) in [5.41, 5.74) is 3.69. The Hall–Kier alpha value is -0.950. The van der Waals surface area contributed by atoms with Crippen molar-refractivity contribution in [2.75, 3.05) is 32.8 Å². The number of sulfonamides is 1. The molecule has 1 heterocycles. The number of nitrogens with zero attached hydrogens (tertiary/aromatic N) is 1. The molecule has 1 saturated heterocycles. The first-order valence-corrected chi connectivity index (χ1v) is 10.5. The minimum atomic E-state index is -3.54. The highest BCUT2D eigenvalue weighted by Crippen LogP contribution is 2.26. The van der Waals surface area contributed by atoms with Gasteiger partial charge < -0.3 is 4.74 Å². The third-order valence-electron chi connectivity index (χ3n) is 5.33. The van der Waals surface area contributed by atoms with Crippen LogP contribution in [-0.4, -0.2) is 52.2 Å². The van der Waals surface area contributed by atoms with Crippen LogP contribution in [0.3, 0.4) is 0 Å². The first kappa shape index (κ1) is 20.4. The molecule has 6 heteroatoms. The van der Waals surface area contributed by atoms with Gasteiger partial charge in [-0.1, -0.05) is 19.9 Å². The minimum Gasteiger partial charge on any atom is -0.379 e. The number of aryl methyl sites for hydroxylation is 2. The van der Waals surface area contributed by atoms with Crippen LogP contribution in [0.25, 0.3) is 0 Å². The molecule has 0 amide bonds. The second kappa shape index (κ2) is 8.16. The molecule has 0 spiro atoms. The summed E-state index contributed by atoms with van der Waals surface area (Å²) in [5, 5.41) is 0. The number of ether oxygens (including phenoxy) is 1. The van der Waals surface area contributed by atoms with Crippen molar-refractivity contribution in [3.8, 4) is 0 Å². The highest BCUT2D eigenvalue weighted by atomic mass is 32.2. The maximum absolute atomic E-state index is 13.0. The largest absolute Gasteiger partial charge is 0.379 e. The van der Waals surface area contributed by atoms with Crippen molar-refractivity contribution in [2.45, 2.75) is 52.5 Å². The zero-order chi connectivity index (χ0) is 18.8. The number of nitrogens with one attached hydrogen (secondary N) is 1. The van der Waals surface area contributed by atoms with Gasteiger partial charge in [-0.25, -0.2) is 13.1 Å². The summed E-state index contributed by atoms with van der Waals surface area (Å²) in [6, 6.07) is 2.22. The van der Waals surface area contributed by atoms with Gasteiger partial charge in [0, 0.05) is 25.7 Å². The van der Waals surface area contributed by atoms with E-state index in [1.54, 1.807) is 0 Å². The molecular formula is C19H32N2O3S. The molecule has 1 aromatic carbocycles. The van der Waals surface area contributed by atoms with Gasteiger partial charge in [0.25, 0.3) is 0 Å². The number of hydrogen-bond acceptors (Lipinski definition) is 4. The summed E-state index contributed by atoms with van der Waals surface area (Å²) in [4.78, 5) is 2.77. The standard InChI is InChI=1S/C19H32N2O3S/c1-13(2)18(21-7-9-24-10-8-21)12-20-25(22,23)19-16(5)14(3)11-15(4)17(19)6/h11,13,18,20H,7-10,12H2,1-6H3/t18-/m0/s1. The van der Waals surface area contributed by atoms with Crippen molar-refractivity contribution in [1.29, 1.82) is 0 Å². The molecule has 0 aliphatic carbocycles. The lowest BCUT2D eigenvalue weighted by atomic mass is 10.0. The van der Waals surface area contributed by atoms with Gasteiger partial charge in [0.1, 0.15) is 0 Å². The SMILES string of the molecule is Cc1cc(C)c(C)c(S(=O)(=O)NC[C@@H](C(C)C)N2CCOCC2)c1C. The molecule has 5 nitrogen and oxygen atoms in total. The molecular weight excluding hydrogens is 336 g/mol. The van der Waals surface area contributed by atoms with E-state index < -0.39 is 10.0 Å². The normalized spacial score (nSPS) is 17.9. The average molecular weight is 369 g/mol. The molecule has 0 unspecified atom stereocenters. The molecule has 0 saturated carbocycles. The molecule has 142 valence electrons. The van der Waals surface area contributed by atoms with Crippen molar-refractivity contribution in [1.82, 2.24) is 9.62 Å². The van der Waals surface area contributed by atoms with Crippen LogP contribution in [0.1, 0.15) is 36.1 Å². The van der Waals surface area contributed by atoms with Crippen LogP contribution in [0.5, 0.6) is 0 Å². The lowest BCUT2D eigenvalue weighted by Gasteiger charge is -2.37. The Labute approximate surface area is 152 Å². The monoisotopic (exact) mass is 368 g/mol. The number of hydrogen-bond donors (Lipinski definition) is 1. The Morgan fingerprint density at radius 3 is 2.08 bits per heavy atom. The molecule has 25 heavy (non-hydrogen) atoms. The average Bonchev–Trinajstić information content (AvgIpc) is 2.54. The maximum atomic E-state index is 13.0. The molecule has 1 aliphatic heterocycles. The van der Waals surface area contributed by atoms with Crippen LogP contribution in [0.4, 0.5) is 0 Å². The fourth-order valence-electron chi connectivity index (χ4n) is 3.55. The van der Waals surface area contributed by atoms with E-state index in [1.165, 1.54) is 0 Å². The second-order valence-electron chi connectivity index (χ2n) is 7.40. The predicted octanol–water partition coefficient (Wildman–Crippen LogP) is 2.56. The summed E-state index contributed by atoms with van der Waals surface area (Å²) in [5.74, 6) is 0.363. The summed E-state index contributed by atoms with van der Waals surface area (Å²) in [6.07, 6.45) is 0. The number of benzene rings is 1. The molecule has 0 bridgehead atoms. The van der Waals surface area contributed by atoms with E-state index in [2.05, 4.69) is 23.5 Å². The van der Waals surface area contributed by atoms with Crippen molar-refractivity contribution in [3.63, 3.8) is 0 Å². The topological polar surface area (TPSA) is 58.6 Å². The lowest BCUT2D eigenvalue weighted by Crippen LogP contribution is -2.51. The van der Waals surface area contributed by atoms with Crippen LogP contribution >= 0.6 is 0 Å². The van der Waals surface area contributed by atoms with Crippen LogP contribution in [-0.2, 0) is 14.8 Å². The summed E-state index contributed by atoms with van der Waals surface area (Å²) >= 11 is 0. The molecule has 1 atom stereocenters. The molecule has 0 aromatic heterocycles. The molecule has 0 radical (unpaired) electrons. The second-order valence-corrected chi connectivity index (χ2v) is 9.10. The van der Waals surface area contributed by atoms with Gasteiger partial charge in [0.15, 0.2) is 0 Å². The Balaban J connectivity index is 2.23. The fraction of sp³-hybridized carbons (Fsp3) is 0.684. The molecule has 1 N–H and O–H groups in total. The lowest BCUT2D eigenvalue weighted by molar-refractivity contribution is 0.00776. The molecule has 1 fully saturated rings. The van der Waals surface area contributed by atoms with Gasteiger partial charge in [-0.3, -0.25) is 4.90 Å². The first-order valence-electron chi connectivity index (χ1n) is 9.04. The zero-order valence-electron chi connectivity index (χ0n) is 16.3. The first-order chi connectivity index (χ1) is 11.6. The molecule has 2 rings (SSSR count). The number of morpholine rings is 1. The Morgan fingerprint density at radius 2 is 1.60 bits per heavy atom. The summed E-state index contributed by atoms with van der Waals surface area (Å²) in [7, 11) is -3.54. The van der Waals surface area contributed by atoms with Gasteiger partial charge in [0.05, 0.1) is 18.1 Å². The molecule has 1 aliphatic rings. The minimum absolute atomic E-state index is 0.171. The van der Waals surface area contributed by atoms with Crippen LogP contribution < -0.4 is 4.72 Å². The third-order valence-corrected chi connectivity index (χ3v) is 7.03. The smallest absolute Gasteiger partial charge is 0.241 e. The van der Waals surface area contributed by atoms with Crippen molar-refractivity contribution in [3.05, 3.63) is 28.3 Å². The predicted molar refractivity (Wildman–Crippen MR) is 102 cm³/mol. The van der Waals surface area contributed by atoms with Crippen LogP contribution in [0.15, 0.2) is 11.0 Å². The quantitative estimate of drug-likeness (QED) is 0.838. The highest BCUT2D eigenvalue weighted by Gasteiger charge is 2.27. The molecule has 1 aromatic rings. The van der Waals surface area contributed by atoms with E-state index in [0.717, 1.165) is 35.3 Å². The van der Waals surface area contributed by atoms with Crippen molar-refractivity contribution >= 4 is 10.0 Å². The van der Waals surface area contributed by atoms with Gasteiger partial charge in [-0.2, -0.15) is 0 Å². The van der Waals surface area contributed by atoms with Gasteiger partial charge in [-0.15, -0.1) is 0 Å². The Bertz CT molecular complexity index is 682. The van der Waals surface area contributed by atoms with E-state index >= 15 is 0 Å². The number of rotatable bonds is 6. The maximum Gasteiger partial charge on any atom is 0.241 e. The summed E-state index contributed by atoms with van der Waals surface area (Å²) < 4.78 is 34.4. The van der Waals surface area contributed by atoms with E-state index in [1.807, 2.05) is 33.8 Å². The fourth-order valence-corrected chi connectivity index (χ4v) is 5.21. The van der Waals surface area contributed by atoms with Gasteiger partial charge >= 0.3 is 0 Å². The highest BCUT2D eigenvalue weighted by molar-refractivity contribution is 7.89. The Kier molecular flexibility index (Phi) is 6.65. The van der Waals surface area contributed by atoms with E-state index in [0.29, 0.717) is 30.6 Å². The van der Waals surface area contributed by atoms with Gasteiger partial charge in [0.2, 0.25) is 10.0 Å². The van der Waals surface area contributed by atoms with E-state index in [9.17, 15) is 8.42 Å². The summed E-state index contributed by atoms with van der Waals surface area (Å²) in [6.45, 7) is 15.5.